The first-order chi connectivity index (χ1) is 7.51. The Morgan fingerprint density at radius 3 is 0.625 bits per heavy atom. The second-order valence-corrected chi connectivity index (χ2v) is 3.92. The molecule has 0 nitrogen and oxygen atoms in total. The monoisotopic (exact) mass is 234 g/mol. The van der Waals surface area contributed by atoms with Crippen LogP contribution in [0.4, 0.5) is 0 Å². The molecule has 0 radical (unpaired) electrons. The van der Waals surface area contributed by atoms with Gasteiger partial charge in [-0.15, -0.1) is 0 Å². The van der Waals surface area contributed by atoms with E-state index in [0.29, 0.717) is 0 Å². The molecule has 0 heteroatoms. The van der Waals surface area contributed by atoms with Gasteiger partial charge < -0.3 is 0 Å². The Hall–Kier alpha value is 0. The van der Waals surface area contributed by atoms with Crippen molar-refractivity contribution >= 4 is 0 Å². The van der Waals surface area contributed by atoms with Crippen LogP contribution in [0.5, 0.6) is 0 Å². The van der Waals surface area contributed by atoms with E-state index in [0.717, 1.165) is 5.92 Å². The smallest absolute Gasteiger partial charge is 0.0474 e. The first kappa shape index (κ1) is 29.8. The van der Waals surface area contributed by atoms with Crippen molar-refractivity contribution in [1.82, 2.24) is 0 Å². The van der Waals surface area contributed by atoms with Gasteiger partial charge in [0.1, 0.15) is 0 Å². The van der Waals surface area contributed by atoms with E-state index in [1.165, 1.54) is 25.7 Å². The van der Waals surface area contributed by atoms with Gasteiger partial charge in [0.2, 0.25) is 0 Å². The zero-order chi connectivity index (χ0) is 14.4. The second-order valence-electron chi connectivity index (χ2n) is 3.92. The summed E-state index contributed by atoms with van der Waals surface area (Å²) in [6.45, 7) is 23.4. The molecule has 0 bridgehead atoms. The van der Waals surface area contributed by atoms with Gasteiger partial charge >= 0.3 is 0 Å². The molecule has 0 aliphatic rings. The Balaban J connectivity index is -0.0000000329. The molecule has 0 aliphatic carbocycles. The second kappa shape index (κ2) is 60.0. The highest BCUT2D eigenvalue weighted by atomic mass is 13.9. The normalized spacial score (nSPS) is 6.75. The molecule has 0 aliphatic heterocycles. The number of hydrogen-bond donors (Lipinski definition) is 0. The van der Waals surface area contributed by atoms with E-state index >= 15 is 0 Å². The average molecular weight is 235 g/mol. The predicted octanol–water partition coefficient (Wildman–Crippen LogP) is 7.33. The molecule has 16 heavy (non-hydrogen) atoms. The van der Waals surface area contributed by atoms with Gasteiger partial charge in [-0.25, -0.2) is 0 Å². The summed E-state index contributed by atoms with van der Waals surface area (Å²) in [5.41, 5.74) is 0. The van der Waals surface area contributed by atoms with Crippen LogP contribution in [0.2, 0.25) is 0 Å². The molecule has 0 heterocycles. The van der Waals surface area contributed by atoms with Crippen LogP contribution in [0.3, 0.4) is 0 Å². The van der Waals surface area contributed by atoms with E-state index in [1.807, 2.05) is 13.8 Å². The van der Waals surface area contributed by atoms with E-state index < -0.39 is 0 Å². The summed E-state index contributed by atoms with van der Waals surface area (Å²) >= 11 is 0. The zero-order valence-corrected chi connectivity index (χ0v) is 14.4. The Morgan fingerprint density at radius 1 is 0.562 bits per heavy atom. The molecule has 0 aromatic rings. The summed E-state index contributed by atoms with van der Waals surface area (Å²) in [6, 6.07) is 0. The standard InChI is InChI=1S/C5H12.3C3H8.C2H6/c1-4-5(2)3;3*1-3-2;1-2/h5H,4H2,1-3H3;3*3H2,1-2H3;1-2H3. The molecule has 0 rings (SSSR count). The molecular formula is C16H42. The molecule has 0 fully saturated rings. The Kier molecular flexibility index (Phi) is 112. The highest BCUT2D eigenvalue weighted by Gasteiger charge is 1.80. The predicted molar refractivity (Wildman–Crippen MR) is 84.4 cm³/mol. The van der Waals surface area contributed by atoms with Gasteiger partial charge in [-0.3, -0.25) is 0 Å². The van der Waals surface area contributed by atoms with E-state index in [1.54, 1.807) is 0 Å². The molecule has 0 atom stereocenters. The van der Waals surface area contributed by atoms with Crippen LogP contribution in [0.25, 0.3) is 0 Å². The molecule has 0 saturated carbocycles. The fourth-order valence-electron chi connectivity index (χ4n) is 0. The molecular weight excluding hydrogens is 192 g/mol. The summed E-state index contributed by atoms with van der Waals surface area (Å²) in [4.78, 5) is 0. The molecule has 0 unspecified atom stereocenters. The summed E-state index contributed by atoms with van der Waals surface area (Å²) in [7, 11) is 0. The highest BCUT2D eigenvalue weighted by molar-refractivity contribution is 4.32. The van der Waals surface area contributed by atoms with Crippen LogP contribution >= 0.6 is 0 Å². The van der Waals surface area contributed by atoms with Crippen molar-refractivity contribution in [2.45, 2.75) is 102 Å². The molecule has 0 aromatic carbocycles. The van der Waals surface area contributed by atoms with Gasteiger partial charge in [0.15, 0.2) is 0 Å². The lowest BCUT2D eigenvalue weighted by atomic mass is 10.2. The maximum Gasteiger partial charge on any atom is -0.0474 e. The van der Waals surface area contributed by atoms with Crippen LogP contribution in [0, 0.1) is 5.92 Å². The van der Waals surface area contributed by atoms with Crippen LogP contribution in [0.1, 0.15) is 102 Å². The molecule has 106 valence electrons. The minimum absolute atomic E-state index is 0.884. The topological polar surface area (TPSA) is 0 Å². The third kappa shape index (κ3) is 592. The number of hydrogen-bond acceptors (Lipinski definition) is 0. The van der Waals surface area contributed by atoms with Crippen LogP contribution in [0.15, 0.2) is 0 Å². The van der Waals surface area contributed by atoms with Crippen molar-refractivity contribution in [3.8, 4) is 0 Å². The minimum atomic E-state index is 0.884. The van der Waals surface area contributed by atoms with E-state index in [4.69, 9.17) is 0 Å². The van der Waals surface area contributed by atoms with E-state index in [2.05, 4.69) is 62.3 Å². The van der Waals surface area contributed by atoms with Crippen molar-refractivity contribution < 1.29 is 0 Å². The van der Waals surface area contributed by atoms with Crippen LogP contribution < -0.4 is 0 Å². The van der Waals surface area contributed by atoms with Gasteiger partial charge in [0.25, 0.3) is 0 Å². The lowest BCUT2D eigenvalue weighted by molar-refractivity contribution is 0.626. The zero-order valence-electron chi connectivity index (χ0n) is 14.4. The van der Waals surface area contributed by atoms with Crippen molar-refractivity contribution in [2.75, 3.05) is 0 Å². The SMILES string of the molecule is CC.CCC.CCC.CCC.CCC(C)C. The third-order valence-corrected chi connectivity index (χ3v) is 0.816. The molecule has 0 N–H and O–H groups in total. The van der Waals surface area contributed by atoms with Crippen LogP contribution in [-0.2, 0) is 0 Å². The van der Waals surface area contributed by atoms with Crippen LogP contribution in [-0.4, -0.2) is 0 Å². The Bertz CT molecular complexity index is 32.5. The average Bonchev–Trinajstić information content (AvgIpc) is 2.24. The van der Waals surface area contributed by atoms with E-state index in [-0.39, 0.29) is 0 Å². The lowest BCUT2D eigenvalue weighted by Gasteiger charge is -1.90. The van der Waals surface area contributed by atoms with E-state index in [9.17, 15) is 0 Å². The maximum absolute atomic E-state index is 2.22. The van der Waals surface area contributed by atoms with Gasteiger partial charge in [0, 0.05) is 0 Å². The quantitative estimate of drug-likeness (QED) is 0.445. The number of rotatable bonds is 1. The van der Waals surface area contributed by atoms with Crippen molar-refractivity contribution in [3.63, 3.8) is 0 Å². The first-order valence-electron chi connectivity index (χ1n) is 7.51. The Morgan fingerprint density at radius 2 is 0.625 bits per heavy atom. The first-order valence-corrected chi connectivity index (χ1v) is 7.51. The third-order valence-electron chi connectivity index (χ3n) is 0.816. The summed E-state index contributed by atoms with van der Waals surface area (Å²) in [5, 5.41) is 0. The summed E-state index contributed by atoms with van der Waals surface area (Å²) < 4.78 is 0. The summed E-state index contributed by atoms with van der Waals surface area (Å²) in [5.74, 6) is 0.884. The van der Waals surface area contributed by atoms with Gasteiger partial charge in [-0.2, -0.15) is 0 Å². The van der Waals surface area contributed by atoms with Gasteiger partial charge in [0.05, 0.1) is 0 Å². The minimum Gasteiger partial charge on any atom is -0.0683 e. The van der Waals surface area contributed by atoms with Crippen molar-refractivity contribution in [1.29, 1.82) is 0 Å². The van der Waals surface area contributed by atoms with Gasteiger partial charge in [-0.05, 0) is 5.92 Å². The fraction of sp³-hybridized carbons (Fsp3) is 1.00. The maximum atomic E-state index is 2.22. The fourth-order valence-corrected chi connectivity index (χ4v) is 0. The molecule has 0 aromatic heterocycles. The lowest BCUT2D eigenvalue weighted by Crippen LogP contribution is -1.77. The molecule has 0 saturated heterocycles. The molecule has 0 spiro atoms. The summed E-state index contributed by atoms with van der Waals surface area (Å²) in [6.07, 6.45) is 5.06. The Labute approximate surface area is 108 Å². The highest BCUT2D eigenvalue weighted by Crippen LogP contribution is 1.93. The largest absolute Gasteiger partial charge is 0.0683 e. The van der Waals surface area contributed by atoms with Crippen molar-refractivity contribution in [2.24, 2.45) is 5.92 Å². The molecule has 0 amide bonds. The van der Waals surface area contributed by atoms with Crippen molar-refractivity contribution in [3.05, 3.63) is 0 Å². The van der Waals surface area contributed by atoms with Gasteiger partial charge in [-0.1, -0.05) is 102 Å².